The lowest BCUT2D eigenvalue weighted by Gasteiger charge is -2.43. The van der Waals surface area contributed by atoms with E-state index in [4.69, 9.17) is 29.9 Å². The number of benzene rings is 2. The first-order valence-electron chi connectivity index (χ1n) is 13.6. The molecule has 3 rings (SSSR count). The minimum Gasteiger partial charge on any atom is -0.508 e. The molecule has 0 radical (unpaired) electrons. The lowest BCUT2D eigenvalue weighted by Crippen LogP contribution is -2.48. The van der Waals surface area contributed by atoms with Crippen LogP contribution in [0.15, 0.2) is 36.4 Å². The van der Waals surface area contributed by atoms with Crippen LogP contribution in [0.4, 0.5) is 0 Å². The Hall–Kier alpha value is -3.10. The maximum Gasteiger partial charge on any atom is 0.200 e. The van der Waals surface area contributed by atoms with Crippen molar-refractivity contribution in [2.75, 3.05) is 7.11 Å². The van der Waals surface area contributed by atoms with E-state index in [9.17, 15) is 9.59 Å². The Bertz CT molecular complexity index is 946. The summed E-state index contributed by atoms with van der Waals surface area (Å²) in [5, 5.41) is 35.7. The minimum atomic E-state index is -0.611. The number of Topliss-reactive ketones (excluding diaryl/α,β-unsaturated/α-hetero) is 2. The third-order valence-electron chi connectivity index (χ3n) is 6.27. The van der Waals surface area contributed by atoms with Crippen molar-refractivity contribution in [3.05, 3.63) is 47.5 Å². The van der Waals surface area contributed by atoms with Crippen LogP contribution in [0, 0.1) is 11.8 Å². The van der Waals surface area contributed by atoms with E-state index in [0.29, 0.717) is 23.5 Å². The minimum absolute atomic E-state index is 0.0139. The molecule has 2 aromatic carbocycles. The molecular weight excluding hydrogens is 500 g/mol. The fourth-order valence-electron chi connectivity index (χ4n) is 3.74. The number of rotatable bonds is 4. The molecule has 39 heavy (non-hydrogen) atoms. The molecule has 222 valence electrons. The number of methoxy groups -OCH3 is 1. The van der Waals surface area contributed by atoms with Gasteiger partial charge in [0.2, 0.25) is 0 Å². The van der Waals surface area contributed by atoms with Gasteiger partial charge < -0.3 is 29.9 Å². The molecule has 8 heteroatoms. The first-order valence-corrected chi connectivity index (χ1v) is 13.6. The second-order valence-electron chi connectivity index (χ2n) is 8.73. The average molecular weight is 551 g/mol. The fourth-order valence-corrected chi connectivity index (χ4v) is 3.74. The van der Waals surface area contributed by atoms with Gasteiger partial charge in [-0.2, -0.15) is 0 Å². The van der Waals surface area contributed by atoms with Crippen molar-refractivity contribution >= 4 is 11.6 Å². The summed E-state index contributed by atoms with van der Waals surface area (Å²) >= 11 is 0. The SMILES string of the molecule is CC.CC.CC(=O)c1cc(O)c(O)c(O)c1.CC(=O)c1ccc(O)cc1.CCC1OC(C)C(C)C(C)C1OC. The largest absolute Gasteiger partial charge is 0.508 e. The monoisotopic (exact) mass is 550 g/mol. The van der Waals surface area contributed by atoms with Crippen molar-refractivity contribution in [3.63, 3.8) is 0 Å². The molecule has 0 saturated carbocycles. The van der Waals surface area contributed by atoms with Crippen molar-refractivity contribution in [2.45, 2.75) is 94.0 Å². The Morgan fingerprint density at radius 1 is 0.795 bits per heavy atom. The molecule has 1 heterocycles. The van der Waals surface area contributed by atoms with Gasteiger partial charge in [-0.25, -0.2) is 0 Å². The van der Waals surface area contributed by atoms with Crippen LogP contribution < -0.4 is 0 Å². The van der Waals surface area contributed by atoms with Crippen LogP contribution in [0.3, 0.4) is 0 Å². The Labute approximate surface area is 234 Å². The van der Waals surface area contributed by atoms with E-state index < -0.39 is 17.2 Å². The Morgan fingerprint density at radius 2 is 1.23 bits per heavy atom. The zero-order chi connectivity index (χ0) is 30.9. The summed E-state index contributed by atoms with van der Waals surface area (Å²) in [4.78, 5) is 21.4. The molecule has 1 aliphatic rings. The molecule has 0 spiro atoms. The highest BCUT2D eigenvalue weighted by Gasteiger charge is 2.38. The van der Waals surface area contributed by atoms with Crippen LogP contribution in [0.25, 0.3) is 0 Å². The number of ether oxygens (including phenoxy) is 2. The van der Waals surface area contributed by atoms with E-state index in [-0.39, 0.29) is 35.1 Å². The predicted molar refractivity (Wildman–Crippen MR) is 156 cm³/mol. The van der Waals surface area contributed by atoms with Gasteiger partial charge in [-0.05, 0) is 75.4 Å². The standard InChI is InChI=1S/C11H22O2.C8H8O4.C8H8O2.2C2H6/c1-6-10-11(12-5)8(3)7(2)9(4)13-10;1-4(9)5-2-6(10)8(12)7(11)3-5;1-6(9)7-2-4-8(10)5-3-7;2*1-2/h7-11H,6H2,1-5H3;2-3,10-12H,1H3;2-5,10H,1H3;2*1-2H3. The second kappa shape index (κ2) is 19.9. The first kappa shape index (κ1) is 38.0. The van der Waals surface area contributed by atoms with Gasteiger partial charge in [0, 0.05) is 18.2 Å². The third-order valence-corrected chi connectivity index (χ3v) is 6.27. The zero-order valence-electron chi connectivity index (χ0n) is 25.5. The molecule has 1 saturated heterocycles. The summed E-state index contributed by atoms with van der Waals surface area (Å²) in [6.45, 7) is 19.6. The average Bonchev–Trinajstić information content (AvgIpc) is 2.93. The summed E-state index contributed by atoms with van der Waals surface area (Å²) in [5.41, 5.74) is 0.778. The second-order valence-corrected chi connectivity index (χ2v) is 8.73. The van der Waals surface area contributed by atoms with Crippen LogP contribution in [-0.4, -0.2) is 57.4 Å². The summed E-state index contributed by atoms with van der Waals surface area (Å²) < 4.78 is 11.4. The smallest absolute Gasteiger partial charge is 0.200 e. The van der Waals surface area contributed by atoms with Crippen LogP contribution in [0.5, 0.6) is 23.0 Å². The van der Waals surface area contributed by atoms with Gasteiger partial charge in [0.1, 0.15) is 5.75 Å². The van der Waals surface area contributed by atoms with Crippen LogP contribution in [-0.2, 0) is 9.47 Å². The molecular formula is C31H50O8. The molecule has 0 bridgehead atoms. The van der Waals surface area contributed by atoms with Gasteiger partial charge in [0.05, 0.1) is 18.3 Å². The molecule has 8 nitrogen and oxygen atoms in total. The molecule has 1 aliphatic heterocycles. The van der Waals surface area contributed by atoms with Crippen molar-refractivity contribution in [3.8, 4) is 23.0 Å². The number of carbonyl (C=O) groups is 2. The third kappa shape index (κ3) is 12.5. The maximum atomic E-state index is 10.8. The quantitative estimate of drug-likeness (QED) is 0.233. The molecule has 2 aromatic rings. The molecule has 0 amide bonds. The summed E-state index contributed by atoms with van der Waals surface area (Å²) in [7, 11) is 1.79. The van der Waals surface area contributed by atoms with E-state index in [2.05, 4.69) is 27.7 Å². The van der Waals surface area contributed by atoms with E-state index in [1.165, 1.54) is 26.0 Å². The van der Waals surface area contributed by atoms with Crippen molar-refractivity contribution in [1.29, 1.82) is 0 Å². The van der Waals surface area contributed by atoms with Gasteiger partial charge in [-0.1, -0.05) is 48.5 Å². The zero-order valence-corrected chi connectivity index (χ0v) is 25.5. The van der Waals surface area contributed by atoms with E-state index >= 15 is 0 Å². The molecule has 0 aromatic heterocycles. The number of aromatic hydroxyl groups is 4. The Kier molecular flexibility index (Phi) is 19.4. The maximum absolute atomic E-state index is 10.8. The predicted octanol–water partition coefficient (Wildman–Crippen LogP) is 7.12. The normalized spacial score (nSPS) is 21.2. The highest BCUT2D eigenvalue weighted by Crippen LogP contribution is 2.35. The number of carbonyl (C=O) groups excluding carboxylic acids is 2. The number of ketones is 2. The lowest BCUT2D eigenvalue weighted by atomic mass is 9.81. The fraction of sp³-hybridized carbons (Fsp3) is 0.548. The van der Waals surface area contributed by atoms with E-state index in [1.807, 2.05) is 27.7 Å². The summed E-state index contributed by atoms with van der Waals surface area (Å²) in [6.07, 6.45) is 1.97. The Balaban J connectivity index is 0. The van der Waals surface area contributed by atoms with Crippen molar-refractivity contribution < 1.29 is 39.5 Å². The van der Waals surface area contributed by atoms with Crippen LogP contribution >= 0.6 is 0 Å². The van der Waals surface area contributed by atoms with E-state index in [1.54, 1.807) is 19.2 Å². The summed E-state index contributed by atoms with van der Waals surface area (Å²) in [5.74, 6) is -0.516. The van der Waals surface area contributed by atoms with Gasteiger partial charge in [-0.15, -0.1) is 0 Å². The molecule has 5 atom stereocenters. The van der Waals surface area contributed by atoms with Gasteiger partial charge >= 0.3 is 0 Å². The van der Waals surface area contributed by atoms with Gasteiger partial charge in [0.15, 0.2) is 28.8 Å². The van der Waals surface area contributed by atoms with Crippen LogP contribution in [0.2, 0.25) is 0 Å². The first-order chi connectivity index (χ1) is 18.3. The van der Waals surface area contributed by atoms with E-state index in [0.717, 1.165) is 18.6 Å². The molecule has 5 unspecified atom stereocenters. The van der Waals surface area contributed by atoms with Crippen molar-refractivity contribution in [1.82, 2.24) is 0 Å². The van der Waals surface area contributed by atoms with Gasteiger partial charge in [0.25, 0.3) is 0 Å². The highest BCUT2D eigenvalue weighted by atomic mass is 16.5. The van der Waals surface area contributed by atoms with Crippen molar-refractivity contribution in [2.24, 2.45) is 11.8 Å². The topological polar surface area (TPSA) is 134 Å². The summed E-state index contributed by atoms with van der Waals surface area (Å²) in [6, 6.07) is 8.37. The number of hydrogen-bond donors (Lipinski definition) is 4. The lowest BCUT2D eigenvalue weighted by molar-refractivity contribution is -0.172. The number of phenols is 4. The number of phenolic OH excluding ortho intramolecular Hbond substituents is 4. The Morgan fingerprint density at radius 3 is 1.59 bits per heavy atom. The molecule has 1 fully saturated rings. The van der Waals surface area contributed by atoms with Gasteiger partial charge in [-0.3, -0.25) is 9.59 Å². The molecule has 0 aliphatic carbocycles. The number of hydrogen-bond acceptors (Lipinski definition) is 8. The molecule has 4 N–H and O–H groups in total. The highest BCUT2D eigenvalue weighted by molar-refractivity contribution is 5.95. The van der Waals surface area contributed by atoms with Crippen LogP contribution in [0.1, 0.15) is 96.4 Å².